The van der Waals surface area contributed by atoms with Crippen LogP contribution < -0.4 is 14.2 Å². The molecule has 124 valence electrons. The third kappa shape index (κ3) is 2.98. The van der Waals surface area contributed by atoms with Crippen molar-refractivity contribution in [3.05, 3.63) is 45.8 Å². The van der Waals surface area contributed by atoms with Crippen molar-refractivity contribution in [2.24, 2.45) is 4.99 Å². The predicted octanol–water partition coefficient (Wildman–Crippen LogP) is 3.12. The quantitative estimate of drug-likeness (QED) is 0.615. The maximum atomic E-state index is 12.0. The fourth-order valence-corrected chi connectivity index (χ4v) is 2.90. The third-order valence-corrected chi connectivity index (χ3v) is 4.17. The largest absolute Gasteiger partial charge is 0.493 e. The molecule has 2 aromatic rings. The molecule has 0 fully saturated rings. The van der Waals surface area contributed by atoms with Gasteiger partial charge in [0.15, 0.2) is 17.2 Å². The summed E-state index contributed by atoms with van der Waals surface area (Å²) in [5, 5.41) is 1.93. The van der Waals surface area contributed by atoms with Gasteiger partial charge in [-0.15, -0.1) is 11.3 Å². The molecule has 0 saturated carbocycles. The lowest BCUT2D eigenvalue weighted by Gasteiger charge is -2.13. The maximum absolute atomic E-state index is 12.0. The molecule has 0 unspecified atom stereocenters. The molecule has 0 atom stereocenters. The highest BCUT2D eigenvalue weighted by molar-refractivity contribution is 7.10. The van der Waals surface area contributed by atoms with Gasteiger partial charge in [0.1, 0.15) is 0 Å². The average Bonchev–Trinajstić information content (AvgIpc) is 3.24. The number of methoxy groups -OCH3 is 3. The number of carbonyl (C=O) groups excluding carboxylic acids is 1. The summed E-state index contributed by atoms with van der Waals surface area (Å²) in [6.45, 7) is 0. The van der Waals surface area contributed by atoms with Gasteiger partial charge in [-0.1, -0.05) is 6.07 Å². The van der Waals surface area contributed by atoms with Gasteiger partial charge in [0.05, 0.1) is 21.3 Å². The molecular formula is C17H15NO5S. The van der Waals surface area contributed by atoms with Gasteiger partial charge >= 0.3 is 5.97 Å². The normalized spacial score (nSPS) is 15.2. The van der Waals surface area contributed by atoms with Crippen molar-refractivity contribution in [1.29, 1.82) is 0 Å². The predicted molar refractivity (Wildman–Crippen MR) is 91.0 cm³/mol. The summed E-state index contributed by atoms with van der Waals surface area (Å²) in [5.41, 5.74) is 0.814. The Balaban J connectivity index is 2.01. The zero-order chi connectivity index (χ0) is 17.1. The van der Waals surface area contributed by atoms with Crippen molar-refractivity contribution in [3.8, 4) is 17.2 Å². The zero-order valence-corrected chi connectivity index (χ0v) is 14.2. The third-order valence-electron chi connectivity index (χ3n) is 3.35. The average molecular weight is 345 g/mol. The number of thiophene rings is 1. The van der Waals surface area contributed by atoms with Crippen LogP contribution in [0.3, 0.4) is 0 Å². The molecule has 1 aliphatic rings. The summed E-state index contributed by atoms with van der Waals surface area (Å²) in [6, 6.07) is 7.17. The van der Waals surface area contributed by atoms with Crippen LogP contribution in [0.4, 0.5) is 0 Å². The lowest BCUT2D eigenvalue weighted by atomic mass is 10.2. The summed E-state index contributed by atoms with van der Waals surface area (Å²) < 4.78 is 21.2. The van der Waals surface area contributed by atoms with Gasteiger partial charge in [-0.2, -0.15) is 0 Å². The number of benzene rings is 1. The van der Waals surface area contributed by atoms with Crippen molar-refractivity contribution in [1.82, 2.24) is 0 Å². The fraction of sp³-hybridized carbons (Fsp3) is 0.176. The first-order valence-electron chi connectivity index (χ1n) is 7.02. The summed E-state index contributed by atoms with van der Waals surface area (Å²) >= 11 is 1.52. The van der Waals surface area contributed by atoms with Crippen LogP contribution in [0, 0.1) is 0 Å². The van der Waals surface area contributed by atoms with Gasteiger partial charge in [0.2, 0.25) is 11.6 Å². The fourth-order valence-electron chi connectivity index (χ4n) is 2.25. The molecule has 24 heavy (non-hydrogen) atoms. The smallest absolute Gasteiger partial charge is 0.363 e. The molecule has 0 aliphatic carbocycles. The van der Waals surface area contributed by atoms with Crippen LogP contribution in [-0.4, -0.2) is 33.2 Å². The molecule has 0 N–H and O–H groups in total. The number of nitrogens with zero attached hydrogens (tertiary/aromatic N) is 1. The van der Waals surface area contributed by atoms with Crippen molar-refractivity contribution < 1.29 is 23.7 Å². The van der Waals surface area contributed by atoms with E-state index in [1.165, 1.54) is 32.7 Å². The molecule has 1 aromatic heterocycles. The number of ether oxygens (including phenoxy) is 4. The minimum absolute atomic E-state index is 0.196. The summed E-state index contributed by atoms with van der Waals surface area (Å²) in [6.07, 6.45) is 1.69. The number of hydrogen-bond donors (Lipinski definition) is 0. The molecule has 1 aliphatic heterocycles. The topological polar surface area (TPSA) is 66.4 Å². The Labute approximate surface area is 142 Å². The first-order chi connectivity index (χ1) is 11.7. The lowest BCUT2D eigenvalue weighted by Crippen LogP contribution is -2.06. The summed E-state index contributed by atoms with van der Waals surface area (Å²) in [7, 11) is 4.56. The Morgan fingerprint density at radius 2 is 1.83 bits per heavy atom. The van der Waals surface area contributed by atoms with E-state index in [9.17, 15) is 4.79 Å². The van der Waals surface area contributed by atoms with Crippen LogP contribution in [0.1, 0.15) is 10.4 Å². The lowest BCUT2D eigenvalue weighted by molar-refractivity contribution is -0.129. The van der Waals surface area contributed by atoms with Gasteiger partial charge in [-0.05, 0) is 29.7 Å². The van der Waals surface area contributed by atoms with E-state index in [1.807, 2.05) is 17.5 Å². The van der Waals surface area contributed by atoms with Gasteiger partial charge < -0.3 is 18.9 Å². The van der Waals surface area contributed by atoms with Crippen molar-refractivity contribution >= 4 is 29.3 Å². The van der Waals surface area contributed by atoms with Crippen LogP contribution >= 0.6 is 11.3 Å². The second-order valence-corrected chi connectivity index (χ2v) is 5.74. The van der Waals surface area contributed by atoms with Gasteiger partial charge in [-0.3, -0.25) is 0 Å². The van der Waals surface area contributed by atoms with Crippen molar-refractivity contribution in [3.63, 3.8) is 0 Å². The molecule has 0 amide bonds. The first-order valence-corrected chi connectivity index (χ1v) is 7.90. The Bertz CT molecular complexity index is 799. The molecule has 7 heteroatoms. The van der Waals surface area contributed by atoms with E-state index >= 15 is 0 Å². The van der Waals surface area contributed by atoms with E-state index in [2.05, 4.69) is 4.99 Å². The van der Waals surface area contributed by atoms with Gasteiger partial charge in [0.25, 0.3) is 0 Å². The summed E-state index contributed by atoms with van der Waals surface area (Å²) in [4.78, 5) is 17.2. The first kappa shape index (κ1) is 16.1. The molecule has 0 radical (unpaired) electrons. The van der Waals surface area contributed by atoms with E-state index in [0.717, 1.165) is 4.88 Å². The number of esters is 1. The zero-order valence-electron chi connectivity index (χ0n) is 13.4. The Hall–Kier alpha value is -2.80. The van der Waals surface area contributed by atoms with E-state index < -0.39 is 5.97 Å². The van der Waals surface area contributed by atoms with Crippen LogP contribution in [-0.2, 0) is 9.53 Å². The van der Waals surface area contributed by atoms with Gasteiger partial charge in [0, 0.05) is 10.4 Å². The molecule has 0 bridgehead atoms. The van der Waals surface area contributed by atoms with E-state index in [1.54, 1.807) is 18.2 Å². The number of carbonyl (C=O) groups is 1. The number of rotatable bonds is 5. The summed E-state index contributed by atoms with van der Waals surface area (Å²) in [5.74, 6) is 1.08. The second-order valence-electron chi connectivity index (χ2n) is 4.77. The minimum Gasteiger partial charge on any atom is -0.493 e. The number of hydrogen-bond acceptors (Lipinski definition) is 7. The highest BCUT2D eigenvalue weighted by atomic mass is 32.1. The van der Waals surface area contributed by atoms with Crippen LogP contribution in [0.5, 0.6) is 17.2 Å². The molecule has 3 rings (SSSR count). The van der Waals surface area contributed by atoms with Crippen LogP contribution in [0.25, 0.3) is 6.08 Å². The standard InChI is InChI=1S/C17H15NO5S/c1-20-13-7-10(8-14(21-2)15(13)22-3)16-18-12(17(19)23-16)9-11-5-4-6-24-11/h4-9H,1-3H3. The van der Waals surface area contributed by atoms with Gasteiger partial charge in [-0.25, -0.2) is 9.79 Å². The SMILES string of the molecule is COc1cc(C2=NC(=Cc3cccs3)C(=O)O2)cc(OC)c1OC. The Morgan fingerprint density at radius 3 is 2.38 bits per heavy atom. The monoisotopic (exact) mass is 345 g/mol. The highest BCUT2D eigenvalue weighted by Crippen LogP contribution is 2.39. The van der Waals surface area contributed by atoms with E-state index in [4.69, 9.17) is 18.9 Å². The van der Waals surface area contributed by atoms with E-state index in [-0.39, 0.29) is 11.6 Å². The second kappa shape index (κ2) is 6.76. The Kier molecular flexibility index (Phi) is 4.52. The van der Waals surface area contributed by atoms with E-state index in [0.29, 0.717) is 22.8 Å². The Morgan fingerprint density at radius 1 is 1.12 bits per heavy atom. The van der Waals surface area contributed by atoms with Crippen molar-refractivity contribution in [2.75, 3.05) is 21.3 Å². The van der Waals surface area contributed by atoms with Crippen LogP contribution in [0.15, 0.2) is 40.3 Å². The number of cyclic esters (lactones) is 1. The molecule has 0 saturated heterocycles. The molecule has 1 aromatic carbocycles. The molecule has 0 spiro atoms. The molecule has 2 heterocycles. The molecule has 6 nitrogen and oxygen atoms in total. The molecular weight excluding hydrogens is 330 g/mol. The van der Waals surface area contributed by atoms with Crippen LogP contribution in [0.2, 0.25) is 0 Å². The van der Waals surface area contributed by atoms with Crippen molar-refractivity contribution in [2.45, 2.75) is 0 Å². The minimum atomic E-state index is -0.493. The maximum Gasteiger partial charge on any atom is 0.363 e. The highest BCUT2D eigenvalue weighted by Gasteiger charge is 2.26. The number of aliphatic imine (C=N–C) groups is 1.